The topological polar surface area (TPSA) is 56.3 Å². The molecule has 116 valence electrons. The molecule has 5 heteroatoms. The summed E-state index contributed by atoms with van der Waals surface area (Å²) in [6.07, 6.45) is 1.56. The van der Waals surface area contributed by atoms with Crippen molar-refractivity contribution in [3.63, 3.8) is 0 Å². The number of rotatable bonds is 2. The van der Waals surface area contributed by atoms with Crippen LogP contribution < -0.4 is 14.8 Å². The van der Waals surface area contributed by atoms with Gasteiger partial charge in [0, 0.05) is 17.1 Å². The van der Waals surface area contributed by atoms with E-state index in [9.17, 15) is 0 Å². The van der Waals surface area contributed by atoms with E-state index < -0.39 is 0 Å². The number of nitrogens with zero attached hydrogens (tertiary/aromatic N) is 2. The highest BCUT2D eigenvalue weighted by atomic mass is 16.6. The molecule has 3 aromatic rings. The van der Waals surface area contributed by atoms with Crippen molar-refractivity contribution in [2.24, 2.45) is 0 Å². The number of ether oxygens (including phenoxy) is 2. The van der Waals surface area contributed by atoms with Crippen LogP contribution in [0.1, 0.15) is 11.1 Å². The summed E-state index contributed by atoms with van der Waals surface area (Å²) in [5.74, 6) is 2.23. The lowest BCUT2D eigenvalue weighted by atomic mass is 10.1. The van der Waals surface area contributed by atoms with Gasteiger partial charge in [-0.15, -0.1) is 0 Å². The van der Waals surface area contributed by atoms with Crippen LogP contribution in [-0.4, -0.2) is 23.2 Å². The van der Waals surface area contributed by atoms with Gasteiger partial charge in [-0.3, -0.25) is 0 Å². The Kier molecular flexibility index (Phi) is 3.26. The Morgan fingerprint density at radius 1 is 0.870 bits per heavy atom. The van der Waals surface area contributed by atoms with Crippen molar-refractivity contribution in [2.75, 3.05) is 18.5 Å². The van der Waals surface area contributed by atoms with Crippen molar-refractivity contribution in [2.45, 2.75) is 13.8 Å². The number of benzene rings is 2. The summed E-state index contributed by atoms with van der Waals surface area (Å²) < 4.78 is 11.3. The summed E-state index contributed by atoms with van der Waals surface area (Å²) >= 11 is 0. The van der Waals surface area contributed by atoms with E-state index in [0.717, 1.165) is 33.9 Å². The van der Waals surface area contributed by atoms with Crippen LogP contribution in [-0.2, 0) is 0 Å². The molecule has 0 bridgehead atoms. The molecular formula is C18H17N3O2. The fourth-order valence-corrected chi connectivity index (χ4v) is 2.88. The van der Waals surface area contributed by atoms with Crippen molar-refractivity contribution in [3.05, 3.63) is 47.8 Å². The molecule has 5 nitrogen and oxygen atoms in total. The zero-order valence-electron chi connectivity index (χ0n) is 13.1. The molecule has 1 N–H and O–H groups in total. The highest BCUT2D eigenvalue weighted by Crippen LogP contribution is 2.36. The molecule has 0 unspecified atom stereocenters. The van der Waals surface area contributed by atoms with E-state index in [1.165, 1.54) is 11.1 Å². The van der Waals surface area contributed by atoms with Crippen molar-refractivity contribution in [3.8, 4) is 11.5 Å². The summed E-state index contributed by atoms with van der Waals surface area (Å²) in [5, 5.41) is 4.30. The third-order valence-corrected chi connectivity index (χ3v) is 3.78. The first kappa shape index (κ1) is 13.8. The number of nitrogens with one attached hydrogen (secondary N) is 1. The first-order valence-corrected chi connectivity index (χ1v) is 7.59. The predicted molar refractivity (Wildman–Crippen MR) is 89.7 cm³/mol. The first-order chi connectivity index (χ1) is 11.2. The third-order valence-electron chi connectivity index (χ3n) is 3.78. The van der Waals surface area contributed by atoms with Crippen LogP contribution in [0.15, 0.2) is 36.7 Å². The Balaban J connectivity index is 1.80. The molecule has 0 aliphatic carbocycles. The van der Waals surface area contributed by atoms with Gasteiger partial charge in [-0.25, -0.2) is 9.97 Å². The molecule has 2 heterocycles. The minimum absolute atomic E-state index is 0.562. The first-order valence-electron chi connectivity index (χ1n) is 7.59. The molecule has 0 amide bonds. The van der Waals surface area contributed by atoms with E-state index >= 15 is 0 Å². The van der Waals surface area contributed by atoms with Crippen molar-refractivity contribution in [1.82, 2.24) is 9.97 Å². The fraction of sp³-hybridized carbons (Fsp3) is 0.222. The van der Waals surface area contributed by atoms with Crippen LogP contribution in [0.25, 0.3) is 10.9 Å². The van der Waals surface area contributed by atoms with Crippen LogP contribution in [0, 0.1) is 13.8 Å². The molecule has 4 rings (SSSR count). The second-order valence-electron chi connectivity index (χ2n) is 5.74. The van der Waals surface area contributed by atoms with Crippen LogP contribution in [0.4, 0.5) is 11.5 Å². The van der Waals surface area contributed by atoms with Gasteiger partial charge in [0.15, 0.2) is 11.5 Å². The summed E-state index contributed by atoms with van der Waals surface area (Å²) in [4.78, 5) is 8.73. The Morgan fingerprint density at radius 2 is 1.57 bits per heavy atom. The van der Waals surface area contributed by atoms with Crippen molar-refractivity contribution in [1.29, 1.82) is 0 Å². The van der Waals surface area contributed by atoms with Gasteiger partial charge >= 0.3 is 0 Å². The van der Waals surface area contributed by atoms with E-state index in [1.807, 2.05) is 12.1 Å². The number of aryl methyl sites for hydroxylation is 2. The van der Waals surface area contributed by atoms with Gasteiger partial charge in [0.25, 0.3) is 0 Å². The number of hydrogen-bond acceptors (Lipinski definition) is 5. The molecule has 2 aromatic carbocycles. The standard InChI is InChI=1S/C18H17N3O2/c1-11-5-12(2)7-13(6-11)21-18-14-8-16-17(23-4-3-22-16)9-15(14)19-10-20-18/h5-10H,3-4H2,1-2H3,(H,19,20,21). The monoisotopic (exact) mass is 307 g/mol. The van der Waals surface area contributed by atoms with Crippen LogP contribution in [0.2, 0.25) is 0 Å². The van der Waals surface area contributed by atoms with Crippen LogP contribution >= 0.6 is 0 Å². The van der Waals surface area contributed by atoms with E-state index in [2.05, 4.69) is 47.3 Å². The summed E-state index contributed by atoms with van der Waals surface area (Å²) in [7, 11) is 0. The van der Waals surface area contributed by atoms with E-state index in [0.29, 0.717) is 13.2 Å². The van der Waals surface area contributed by atoms with Crippen molar-refractivity contribution < 1.29 is 9.47 Å². The molecular weight excluding hydrogens is 290 g/mol. The smallest absolute Gasteiger partial charge is 0.163 e. The molecule has 0 atom stereocenters. The molecule has 1 aliphatic rings. The average molecular weight is 307 g/mol. The molecule has 1 aromatic heterocycles. The normalized spacial score (nSPS) is 13.1. The predicted octanol–water partition coefficient (Wildman–Crippen LogP) is 3.76. The average Bonchev–Trinajstić information content (AvgIpc) is 2.52. The van der Waals surface area contributed by atoms with Gasteiger partial charge in [-0.1, -0.05) is 6.07 Å². The minimum Gasteiger partial charge on any atom is -0.486 e. The van der Waals surface area contributed by atoms with Gasteiger partial charge in [0.05, 0.1) is 5.52 Å². The molecule has 0 fully saturated rings. The van der Waals surface area contributed by atoms with Gasteiger partial charge in [0.2, 0.25) is 0 Å². The zero-order valence-corrected chi connectivity index (χ0v) is 13.1. The maximum absolute atomic E-state index is 5.67. The van der Waals surface area contributed by atoms with Gasteiger partial charge < -0.3 is 14.8 Å². The summed E-state index contributed by atoms with van der Waals surface area (Å²) in [5.41, 5.74) is 4.26. The molecule has 23 heavy (non-hydrogen) atoms. The second-order valence-corrected chi connectivity index (χ2v) is 5.74. The number of anilines is 2. The molecule has 0 spiro atoms. The Labute approximate surface area is 134 Å². The van der Waals surface area contributed by atoms with Crippen molar-refractivity contribution >= 4 is 22.4 Å². The maximum atomic E-state index is 5.67. The third kappa shape index (κ3) is 2.65. The largest absolute Gasteiger partial charge is 0.486 e. The Bertz CT molecular complexity index is 873. The minimum atomic E-state index is 0.562. The number of aromatic nitrogens is 2. The van der Waals surface area contributed by atoms with Crippen LogP contribution in [0.5, 0.6) is 11.5 Å². The lowest BCUT2D eigenvalue weighted by Crippen LogP contribution is -2.15. The SMILES string of the molecule is Cc1cc(C)cc(Nc2ncnc3cc4c(cc23)OCCO4)c1. The Morgan fingerprint density at radius 3 is 2.30 bits per heavy atom. The van der Waals surface area contributed by atoms with E-state index in [-0.39, 0.29) is 0 Å². The lowest BCUT2D eigenvalue weighted by Gasteiger charge is -2.19. The fourth-order valence-electron chi connectivity index (χ4n) is 2.88. The van der Waals surface area contributed by atoms with Gasteiger partial charge in [-0.05, 0) is 43.2 Å². The molecule has 0 saturated heterocycles. The summed E-state index contributed by atoms with van der Waals surface area (Å²) in [6, 6.07) is 10.2. The quantitative estimate of drug-likeness (QED) is 0.781. The van der Waals surface area contributed by atoms with Gasteiger partial charge in [-0.2, -0.15) is 0 Å². The molecule has 0 saturated carbocycles. The molecule has 1 aliphatic heterocycles. The number of fused-ring (bicyclic) bond motifs is 2. The van der Waals surface area contributed by atoms with Gasteiger partial charge in [0.1, 0.15) is 25.4 Å². The number of hydrogen-bond donors (Lipinski definition) is 1. The maximum Gasteiger partial charge on any atom is 0.163 e. The highest BCUT2D eigenvalue weighted by molar-refractivity contribution is 5.93. The van der Waals surface area contributed by atoms with E-state index in [1.54, 1.807) is 6.33 Å². The lowest BCUT2D eigenvalue weighted by molar-refractivity contribution is 0.172. The Hall–Kier alpha value is -2.82. The zero-order chi connectivity index (χ0) is 15.8. The molecule has 0 radical (unpaired) electrons. The van der Waals surface area contributed by atoms with E-state index in [4.69, 9.17) is 9.47 Å². The second kappa shape index (κ2) is 5.43. The summed E-state index contributed by atoms with van der Waals surface area (Å²) in [6.45, 7) is 5.29. The highest BCUT2D eigenvalue weighted by Gasteiger charge is 2.15. The van der Waals surface area contributed by atoms with Crippen LogP contribution in [0.3, 0.4) is 0 Å².